The molecule has 1 atom stereocenters. The van der Waals surface area contributed by atoms with Gasteiger partial charge in [-0.15, -0.1) is 12.4 Å². The summed E-state index contributed by atoms with van der Waals surface area (Å²) in [5.74, 6) is 1.20. The monoisotopic (exact) mass is 270 g/mol. The molecule has 0 aromatic heterocycles. The summed E-state index contributed by atoms with van der Waals surface area (Å²) in [4.78, 5) is 11.0. The van der Waals surface area contributed by atoms with E-state index in [0.717, 1.165) is 18.8 Å². The summed E-state index contributed by atoms with van der Waals surface area (Å²) in [6.07, 6.45) is 0. The Morgan fingerprint density at radius 1 is 1.56 bits per heavy atom. The molecule has 100 valence electrons. The average molecular weight is 271 g/mol. The third-order valence-electron chi connectivity index (χ3n) is 3.10. The smallest absolute Gasteiger partial charge is 0.216 e. The molecule has 18 heavy (non-hydrogen) atoms. The minimum atomic E-state index is 0. The highest BCUT2D eigenvalue weighted by molar-refractivity contribution is 5.85. The first-order valence-electron chi connectivity index (χ1n) is 5.82. The lowest BCUT2D eigenvalue weighted by atomic mass is 9.90. The third kappa shape index (κ3) is 3.37. The third-order valence-corrected chi connectivity index (χ3v) is 3.10. The molecule has 1 heterocycles. The second-order valence-corrected chi connectivity index (χ2v) is 4.33. The molecule has 2 rings (SSSR count). The fraction of sp³-hybridized carbons (Fsp3) is 0.462. The van der Waals surface area contributed by atoms with Crippen molar-refractivity contribution in [3.63, 3.8) is 0 Å². The standard InChI is InChI=1S/C13H18N2O2.ClH/c1-9(16)15-8-11-7-14-6-10-3-4-12(17-2)5-13(10)11;/h3-5,11,14H,6-8H2,1-2H3,(H,15,16);1H. The highest BCUT2D eigenvalue weighted by Crippen LogP contribution is 2.27. The summed E-state index contributed by atoms with van der Waals surface area (Å²) in [5.41, 5.74) is 2.56. The van der Waals surface area contributed by atoms with E-state index < -0.39 is 0 Å². The molecule has 0 saturated heterocycles. The highest BCUT2D eigenvalue weighted by atomic mass is 35.5. The highest BCUT2D eigenvalue weighted by Gasteiger charge is 2.20. The van der Waals surface area contributed by atoms with Crippen LogP contribution in [0, 0.1) is 0 Å². The van der Waals surface area contributed by atoms with E-state index in [1.807, 2.05) is 6.07 Å². The molecular formula is C13H19ClN2O2. The van der Waals surface area contributed by atoms with Crippen molar-refractivity contribution in [2.75, 3.05) is 20.2 Å². The number of fused-ring (bicyclic) bond motifs is 1. The van der Waals surface area contributed by atoms with Crippen LogP contribution >= 0.6 is 12.4 Å². The van der Waals surface area contributed by atoms with Gasteiger partial charge in [-0.2, -0.15) is 0 Å². The van der Waals surface area contributed by atoms with Crippen LogP contribution in [0.2, 0.25) is 0 Å². The van der Waals surface area contributed by atoms with Gasteiger partial charge >= 0.3 is 0 Å². The van der Waals surface area contributed by atoms with Crippen LogP contribution in [-0.2, 0) is 11.3 Å². The number of nitrogens with one attached hydrogen (secondary N) is 2. The Morgan fingerprint density at radius 2 is 2.33 bits per heavy atom. The van der Waals surface area contributed by atoms with Crippen LogP contribution in [0.25, 0.3) is 0 Å². The van der Waals surface area contributed by atoms with Gasteiger partial charge < -0.3 is 15.4 Å². The molecule has 0 spiro atoms. The maximum Gasteiger partial charge on any atom is 0.216 e. The lowest BCUT2D eigenvalue weighted by molar-refractivity contribution is -0.119. The molecule has 0 radical (unpaired) electrons. The van der Waals surface area contributed by atoms with Gasteiger partial charge in [-0.1, -0.05) is 6.07 Å². The zero-order valence-corrected chi connectivity index (χ0v) is 11.5. The number of hydrogen-bond acceptors (Lipinski definition) is 3. The minimum absolute atomic E-state index is 0. The van der Waals surface area contributed by atoms with Gasteiger partial charge in [0, 0.05) is 32.5 Å². The van der Waals surface area contributed by atoms with Crippen molar-refractivity contribution in [2.45, 2.75) is 19.4 Å². The van der Waals surface area contributed by atoms with Gasteiger partial charge in [0.05, 0.1) is 7.11 Å². The molecule has 1 aromatic carbocycles. The molecule has 1 amide bonds. The lowest BCUT2D eigenvalue weighted by Gasteiger charge is -2.27. The second-order valence-electron chi connectivity index (χ2n) is 4.33. The van der Waals surface area contributed by atoms with Crippen LogP contribution in [0.5, 0.6) is 5.75 Å². The van der Waals surface area contributed by atoms with Gasteiger partial charge in [0.1, 0.15) is 5.75 Å². The van der Waals surface area contributed by atoms with Crippen LogP contribution in [0.3, 0.4) is 0 Å². The Morgan fingerprint density at radius 3 is 3.00 bits per heavy atom. The van der Waals surface area contributed by atoms with E-state index in [-0.39, 0.29) is 18.3 Å². The maximum atomic E-state index is 11.0. The number of amides is 1. The predicted octanol–water partition coefficient (Wildman–Crippen LogP) is 1.44. The van der Waals surface area contributed by atoms with E-state index in [4.69, 9.17) is 4.74 Å². The van der Waals surface area contributed by atoms with Gasteiger partial charge in [-0.25, -0.2) is 0 Å². The molecule has 0 fully saturated rings. The first-order chi connectivity index (χ1) is 8.20. The Balaban J connectivity index is 0.00000162. The molecule has 5 heteroatoms. The summed E-state index contributed by atoms with van der Waals surface area (Å²) in [7, 11) is 1.67. The van der Waals surface area contributed by atoms with E-state index in [1.54, 1.807) is 14.0 Å². The van der Waals surface area contributed by atoms with Crippen molar-refractivity contribution in [1.29, 1.82) is 0 Å². The van der Waals surface area contributed by atoms with Crippen LogP contribution in [0.4, 0.5) is 0 Å². The molecular weight excluding hydrogens is 252 g/mol. The number of carbonyl (C=O) groups is 1. The number of carbonyl (C=O) groups excluding carboxylic acids is 1. The fourth-order valence-corrected chi connectivity index (χ4v) is 2.18. The van der Waals surface area contributed by atoms with Crippen LogP contribution < -0.4 is 15.4 Å². The van der Waals surface area contributed by atoms with Gasteiger partial charge in [0.15, 0.2) is 0 Å². The molecule has 1 aliphatic rings. The summed E-state index contributed by atoms with van der Waals surface area (Å²) < 4.78 is 5.25. The Bertz CT molecular complexity index is 423. The van der Waals surface area contributed by atoms with E-state index >= 15 is 0 Å². The van der Waals surface area contributed by atoms with Crippen LogP contribution in [-0.4, -0.2) is 26.1 Å². The first-order valence-corrected chi connectivity index (χ1v) is 5.82. The molecule has 0 saturated carbocycles. The van der Waals surface area contributed by atoms with Crippen molar-refractivity contribution in [3.05, 3.63) is 29.3 Å². The van der Waals surface area contributed by atoms with Crippen molar-refractivity contribution >= 4 is 18.3 Å². The second kappa shape index (κ2) is 6.61. The average Bonchev–Trinajstić information content (AvgIpc) is 2.35. The zero-order valence-electron chi connectivity index (χ0n) is 10.7. The van der Waals surface area contributed by atoms with Crippen molar-refractivity contribution < 1.29 is 9.53 Å². The summed E-state index contributed by atoms with van der Waals surface area (Å²) in [6.45, 7) is 3.99. The van der Waals surface area contributed by atoms with E-state index in [0.29, 0.717) is 12.5 Å². The normalized spacial score (nSPS) is 17.3. The molecule has 0 bridgehead atoms. The lowest BCUT2D eigenvalue weighted by Crippen LogP contribution is -2.35. The molecule has 1 aromatic rings. The SMILES string of the molecule is COc1ccc2c(c1)C(CNC(C)=O)CNC2.Cl. The zero-order chi connectivity index (χ0) is 12.3. The summed E-state index contributed by atoms with van der Waals surface area (Å²) in [5, 5.41) is 6.23. The number of rotatable bonds is 3. The van der Waals surface area contributed by atoms with E-state index in [1.165, 1.54) is 11.1 Å². The first kappa shape index (κ1) is 14.8. The molecule has 4 nitrogen and oxygen atoms in total. The number of methoxy groups -OCH3 is 1. The summed E-state index contributed by atoms with van der Waals surface area (Å²) in [6, 6.07) is 6.13. The minimum Gasteiger partial charge on any atom is -0.497 e. The Labute approximate surface area is 114 Å². The van der Waals surface area contributed by atoms with Crippen molar-refractivity contribution in [1.82, 2.24) is 10.6 Å². The van der Waals surface area contributed by atoms with Gasteiger partial charge in [-0.3, -0.25) is 4.79 Å². The van der Waals surface area contributed by atoms with Crippen molar-refractivity contribution in [2.24, 2.45) is 0 Å². The van der Waals surface area contributed by atoms with Gasteiger partial charge in [0.2, 0.25) is 5.91 Å². The Kier molecular flexibility index (Phi) is 5.44. The largest absolute Gasteiger partial charge is 0.497 e. The molecule has 1 aliphatic heterocycles. The summed E-state index contributed by atoms with van der Waals surface area (Å²) >= 11 is 0. The topological polar surface area (TPSA) is 50.4 Å². The fourth-order valence-electron chi connectivity index (χ4n) is 2.18. The number of benzene rings is 1. The van der Waals surface area contributed by atoms with Crippen LogP contribution in [0.1, 0.15) is 24.0 Å². The van der Waals surface area contributed by atoms with Crippen LogP contribution in [0.15, 0.2) is 18.2 Å². The van der Waals surface area contributed by atoms with E-state index in [2.05, 4.69) is 22.8 Å². The Hall–Kier alpha value is -1.26. The number of halogens is 1. The molecule has 0 aliphatic carbocycles. The molecule has 2 N–H and O–H groups in total. The predicted molar refractivity (Wildman–Crippen MR) is 73.4 cm³/mol. The van der Waals surface area contributed by atoms with Gasteiger partial charge in [-0.05, 0) is 23.3 Å². The molecule has 1 unspecified atom stereocenters. The number of hydrogen-bond donors (Lipinski definition) is 2. The maximum absolute atomic E-state index is 11.0. The number of ether oxygens (including phenoxy) is 1. The van der Waals surface area contributed by atoms with E-state index in [9.17, 15) is 4.79 Å². The quantitative estimate of drug-likeness (QED) is 0.874. The van der Waals surface area contributed by atoms with Gasteiger partial charge in [0.25, 0.3) is 0 Å². The van der Waals surface area contributed by atoms with Crippen molar-refractivity contribution in [3.8, 4) is 5.75 Å².